The van der Waals surface area contributed by atoms with Crippen LogP contribution in [0.3, 0.4) is 0 Å². The first kappa shape index (κ1) is 10.9. The molecular formula is C9H15BS. The van der Waals surface area contributed by atoms with Crippen LogP contribution < -0.4 is 0 Å². The van der Waals surface area contributed by atoms with E-state index in [1.165, 1.54) is 0 Å². The maximum atomic E-state index is 5.75. The summed E-state index contributed by atoms with van der Waals surface area (Å²) in [4.78, 5) is 0.838. The number of hydrogen-bond acceptors (Lipinski definition) is 1. The van der Waals surface area contributed by atoms with E-state index in [0.29, 0.717) is 5.47 Å². The van der Waals surface area contributed by atoms with Crippen LogP contribution in [0.2, 0.25) is 0 Å². The molecule has 0 N–H and O–H groups in total. The van der Waals surface area contributed by atoms with Gasteiger partial charge in [0.25, 0.3) is 0 Å². The summed E-state index contributed by atoms with van der Waals surface area (Å²) in [5.74, 6) is 0. The largest absolute Gasteiger partial charge is 0.149 e. The van der Waals surface area contributed by atoms with Gasteiger partial charge in [-0.3, -0.25) is 0 Å². The summed E-state index contributed by atoms with van der Waals surface area (Å²) in [6, 6.07) is 0. The summed E-state index contributed by atoms with van der Waals surface area (Å²) in [6.07, 6.45) is 0. The molecule has 0 nitrogen and oxygen atoms in total. The fraction of sp³-hybridized carbons (Fsp3) is 0.556. The second kappa shape index (κ2) is 3.53. The molecule has 0 unspecified atom stereocenters. The van der Waals surface area contributed by atoms with Crippen molar-refractivity contribution in [3.63, 3.8) is 0 Å². The van der Waals surface area contributed by atoms with Crippen LogP contribution in [-0.4, -0.2) is 7.85 Å². The molecule has 0 atom stereocenters. The predicted molar refractivity (Wildman–Crippen MR) is 56.0 cm³/mol. The Morgan fingerprint density at radius 2 is 1.73 bits per heavy atom. The third-order valence-corrected chi connectivity index (χ3v) is 1.86. The molecule has 2 heteroatoms. The zero-order valence-corrected chi connectivity index (χ0v) is 8.63. The molecule has 11 heavy (non-hydrogen) atoms. The van der Waals surface area contributed by atoms with Crippen molar-refractivity contribution >= 4 is 20.5 Å². The van der Waals surface area contributed by atoms with Crippen LogP contribution in [0.4, 0.5) is 0 Å². The van der Waals surface area contributed by atoms with Crippen LogP contribution in [0.5, 0.6) is 0 Å². The zero-order chi connectivity index (χ0) is 9.23. The molecule has 0 heterocycles. The van der Waals surface area contributed by atoms with Gasteiger partial charge < -0.3 is 0 Å². The Hall–Kier alpha value is -0.105. The second-order valence-corrected chi connectivity index (χ2v) is 4.40. The minimum Gasteiger partial charge on any atom is -0.149 e. The lowest BCUT2D eigenvalue weighted by Crippen LogP contribution is -2.10. The Morgan fingerprint density at radius 3 is 1.82 bits per heavy atom. The zero-order valence-electron chi connectivity index (χ0n) is 7.73. The van der Waals surface area contributed by atoms with Gasteiger partial charge in [0.05, 0.1) is 0 Å². The van der Waals surface area contributed by atoms with Gasteiger partial charge in [-0.2, -0.15) is 0 Å². The normalized spacial score (nSPS) is 14.3. The molecule has 0 aliphatic carbocycles. The maximum Gasteiger partial charge on any atom is 0.115 e. The fourth-order valence-corrected chi connectivity index (χ4v) is 0.757. The lowest BCUT2D eigenvalue weighted by molar-refractivity contribution is 0.516. The first-order valence-electron chi connectivity index (χ1n) is 3.62. The molecule has 2 radical (unpaired) electrons. The van der Waals surface area contributed by atoms with E-state index in [1.54, 1.807) is 0 Å². The molecule has 0 aliphatic rings. The van der Waals surface area contributed by atoms with Crippen LogP contribution in [0.1, 0.15) is 27.7 Å². The highest BCUT2D eigenvalue weighted by atomic mass is 32.1. The van der Waals surface area contributed by atoms with E-state index in [2.05, 4.69) is 40.0 Å². The van der Waals surface area contributed by atoms with Crippen molar-refractivity contribution in [1.29, 1.82) is 0 Å². The molecule has 0 spiro atoms. The highest BCUT2D eigenvalue weighted by Crippen LogP contribution is 2.29. The third kappa shape index (κ3) is 3.19. The smallest absolute Gasteiger partial charge is 0.115 e. The van der Waals surface area contributed by atoms with E-state index in [1.807, 2.05) is 6.92 Å². The van der Waals surface area contributed by atoms with E-state index in [9.17, 15) is 0 Å². The van der Waals surface area contributed by atoms with Crippen molar-refractivity contribution in [3.8, 4) is 0 Å². The summed E-state index contributed by atoms with van der Waals surface area (Å²) in [6.45, 7) is 12.0. The highest BCUT2D eigenvalue weighted by molar-refractivity contribution is 7.84. The first-order valence-corrected chi connectivity index (χ1v) is 4.06. The molecule has 60 valence electrons. The molecule has 0 aromatic heterocycles. The quantitative estimate of drug-likeness (QED) is 0.345. The third-order valence-electron chi connectivity index (χ3n) is 1.62. The van der Waals surface area contributed by atoms with Gasteiger partial charge in [-0.25, -0.2) is 0 Å². The van der Waals surface area contributed by atoms with Gasteiger partial charge in [0.15, 0.2) is 0 Å². The van der Waals surface area contributed by atoms with Crippen molar-refractivity contribution < 1.29 is 0 Å². The van der Waals surface area contributed by atoms with Crippen molar-refractivity contribution in [2.24, 2.45) is 5.41 Å². The summed E-state index contributed by atoms with van der Waals surface area (Å²) in [5, 5.41) is 0. The van der Waals surface area contributed by atoms with Crippen LogP contribution in [0.15, 0.2) is 22.5 Å². The summed E-state index contributed by atoms with van der Waals surface area (Å²) in [7, 11) is 5.75. The Morgan fingerprint density at radius 1 is 1.36 bits per heavy atom. The van der Waals surface area contributed by atoms with Crippen molar-refractivity contribution in [3.05, 3.63) is 22.5 Å². The van der Waals surface area contributed by atoms with E-state index in [0.717, 1.165) is 10.5 Å². The van der Waals surface area contributed by atoms with Crippen molar-refractivity contribution in [2.45, 2.75) is 27.7 Å². The summed E-state index contributed by atoms with van der Waals surface area (Å²) < 4.78 is 0. The number of rotatable bonds is 1. The van der Waals surface area contributed by atoms with Crippen LogP contribution >= 0.6 is 12.6 Å². The molecule has 0 aromatic carbocycles. The average Bonchev–Trinajstić information content (AvgIpc) is 1.82. The van der Waals surface area contributed by atoms with E-state index >= 15 is 0 Å². The number of allylic oxidation sites excluding steroid dienone is 3. The molecule has 0 saturated carbocycles. The average molecular weight is 166 g/mol. The van der Waals surface area contributed by atoms with Gasteiger partial charge in [-0.1, -0.05) is 38.4 Å². The SMILES string of the molecule is [B]/C(C(=C)C(C)(C)C)=C(/C)S. The van der Waals surface area contributed by atoms with E-state index in [4.69, 9.17) is 7.85 Å². The van der Waals surface area contributed by atoms with Gasteiger partial charge in [0.2, 0.25) is 0 Å². The van der Waals surface area contributed by atoms with Gasteiger partial charge in [-0.05, 0) is 17.2 Å². The van der Waals surface area contributed by atoms with Gasteiger partial charge in [0, 0.05) is 0 Å². The standard InChI is InChI=1S/C9H15BS/c1-6(9(3,4)5)8(10)7(2)11/h11H,1H2,2-5H3/b8-7-. The Kier molecular flexibility index (Phi) is 3.50. The molecule has 0 bridgehead atoms. The number of hydrogen-bond donors (Lipinski definition) is 1. The second-order valence-electron chi connectivity index (χ2n) is 3.73. The van der Waals surface area contributed by atoms with Crippen LogP contribution in [0.25, 0.3) is 0 Å². The summed E-state index contributed by atoms with van der Waals surface area (Å²) in [5.41, 5.74) is 1.69. The Labute approximate surface area is 76.6 Å². The van der Waals surface area contributed by atoms with Gasteiger partial charge in [0.1, 0.15) is 7.85 Å². The van der Waals surface area contributed by atoms with Crippen LogP contribution in [0, 0.1) is 5.41 Å². The Balaban J connectivity index is 4.67. The lowest BCUT2D eigenvalue weighted by atomic mass is 9.75. The van der Waals surface area contributed by atoms with Crippen molar-refractivity contribution in [2.75, 3.05) is 0 Å². The lowest BCUT2D eigenvalue weighted by Gasteiger charge is -2.23. The maximum absolute atomic E-state index is 5.75. The van der Waals surface area contributed by atoms with Crippen LogP contribution in [-0.2, 0) is 0 Å². The Bertz CT molecular complexity index is 192. The number of thiol groups is 1. The molecule has 0 aromatic rings. The van der Waals surface area contributed by atoms with Gasteiger partial charge >= 0.3 is 0 Å². The van der Waals surface area contributed by atoms with E-state index < -0.39 is 0 Å². The fourth-order valence-electron chi connectivity index (χ4n) is 0.622. The topological polar surface area (TPSA) is 0 Å². The van der Waals surface area contributed by atoms with E-state index in [-0.39, 0.29) is 5.41 Å². The monoisotopic (exact) mass is 166 g/mol. The molecule has 0 amide bonds. The molecule has 0 saturated heterocycles. The minimum atomic E-state index is 0.0358. The van der Waals surface area contributed by atoms with Gasteiger partial charge in [-0.15, -0.1) is 12.6 Å². The predicted octanol–water partition coefficient (Wildman–Crippen LogP) is 2.92. The molecule has 0 fully saturated rings. The molecule has 0 rings (SSSR count). The summed E-state index contributed by atoms with van der Waals surface area (Å²) >= 11 is 4.16. The molecule has 0 aliphatic heterocycles. The molecular weight excluding hydrogens is 151 g/mol. The highest BCUT2D eigenvalue weighted by Gasteiger charge is 2.15. The minimum absolute atomic E-state index is 0.0358. The van der Waals surface area contributed by atoms with Crippen molar-refractivity contribution in [1.82, 2.24) is 0 Å². The first-order chi connectivity index (χ1) is 4.76.